The second-order valence-electron chi connectivity index (χ2n) is 4.02. The van der Waals surface area contributed by atoms with Gasteiger partial charge in [0.2, 0.25) is 0 Å². The molecule has 1 heterocycles. The molecule has 18 heavy (non-hydrogen) atoms. The molecule has 0 amide bonds. The molecule has 0 bridgehead atoms. The number of ether oxygens (including phenoxy) is 1. The van der Waals surface area contributed by atoms with Crippen LogP contribution < -0.4 is 5.73 Å². The summed E-state index contributed by atoms with van der Waals surface area (Å²) in [5.41, 5.74) is 7.20. The molecular weight excluding hydrogens is 235 g/mol. The van der Waals surface area contributed by atoms with E-state index < -0.39 is 12.0 Å². The number of esters is 1. The van der Waals surface area contributed by atoms with Gasteiger partial charge in [0.25, 0.3) is 0 Å². The van der Waals surface area contributed by atoms with Gasteiger partial charge in [0.1, 0.15) is 11.9 Å². The molecule has 2 rings (SSSR count). The SMILES string of the molecule is CCn1c(C(N)C(=O)OC)cc2ccc(F)cc21. The fourth-order valence-corrected chi connectivity index (χ4v) is 2.11. The van der Waals surface area contributed by atoms with Crippen molar-refractivity contribution in [3.63, 3.8) is 0 Å². The standard InChI is InChI=1S/C13H15FN2O2/c1-3-16-10-7-9(14)5-4-8(10)6-11(16)12(15)13(17)18-2/h4-7,12H,3,15H2,1-2H3. The Hall–Kier alpha value is -1.88. The van der Waals surface area contributed by atoms with Gasteiger partial charge in [0, 0.05) is 17.6 Å². The maximum absolute atomic E-state index is 13.3. The third-order valence-corrected chi connectivity index (χ3v) is 2.99. The summed E-state index contributed by atoms with van der Waals surface area (Å²) in [6, 6.07) is 5.43. The van der Waals surface area contributed by atoms with Crippen LogP contribution in [0, 0.1) is 5.82 Å². The van der Waals surface area contributed by atoms with Gasteiger partial charge in [0.05, 0.1) is 12.6 Å². The second-order valence-corrected chi connectivity index (χ2v) is 4.02. The number of carbonyl (C=O) groups excluding carboxylic acids is 1. The minimum atomic E-state index is -0.856. The van der Waals surface area contributed by atoms with Crippen molar-refractivity contribution in [2.75, 3.05) is 7.11 Å². The van der Waals surface area contributed by atoms with Crippen LogP contribution in [0.1, 0.15) is 18.7 Å². The number of methoxy groups -OCH3 is 1. The Balaban J connectivity index is 2.60. The number of carbonyl (C=O) groups is 1. The number of benzene rings is 1. The number of nitrogens with zero attached hydrogens (tertiary/aromatic N) is 1. The highest BCUT2D eigenvalue weighted by Crippen LogP contribution is 2.24. The third-order valence-electron chi connectivity index (χ3n) is 2.99. The Morgan fingerprint density at radius 3 is 2.83 bits per heavy atom. The minimum absolute atomic E-state index is 0.312. The molecule has 0 radical (unpaired) electrons. The van der Waals surface area contributed by atoms with E-state index in [0.717, 1.165) is 10.9 Å². The van der Waals surface area contributed by atoms with Crippen LogP contribution >= 0.6 is 0 Å². The van der Waals surface area contributed by atoms with Crippen LogP contribution in [0.15, 0.2) is 24.3 Å². The number of aryl methyl sites for hydroxylation is 1. The Morgan fingerprint density at radius 2 is 2.22 bits per heavy atom. The topological polar surface area (TPSA) is 57.2 Å². The van der Waals surface area contributed by atoms with Crippen molar-refractivity contribution in [1.82, 2.24) is 4.57 Å². The molecule has 0 fully saturated rings. The van der Waals surface area contributed by atoms with Crippen molar-refractivity contribution >= 4 is 16.9 Å². The van der Waals surface area contributed by atoms with E-state index in [1.54, 1.807) is 12.1 Å². The van der Waals surface area contributed by atoms with Gasteiger partial charge < -0.3 is 15.0 Å². The Kier molecular flexibility index (Phi) is 3.34. The Labute approximate surface area is 104 Å². The molecule has 1 atom stereocenters. The molecule has 4 nitrogen and oxygen atoms in total. The summed E-state index contributed by atoms with van der Waals surface area (Å²) in [6.45, 7) is 2.52. The maximum atomic E-state index is 13.3. The molecule has 0 saturated carbocycles. The lowest BCUT2D eigenvalue weighted by molar-refractivity contribution is -0.142. The van der Waals surface area contributed by atoms with Crippen LogP contribution in [0.25, 0.3) is 10.9 Å². The van der Waals surface area contributed by atoms with Gasteiger partial charge in [-0.05, 0) is 31.2 Å². The molecule has 5 heteroatoms. The van der Waals surface area contributed by atoms with Gasteiger partial charge in [-0.25, -0.2) is 9.18 Å². The molecule has 0 saturated heterocycles. The van der Waals surface area contributed by atoms with Crippen molar-refractivity contribution < 1.29 is 13.9 Å². The van der Waals surface area contributed by atoms with Crippen LogP contribution in [-0.4, -0.2) is 17.6 Å². The predicted molar refractivity (Wildman–Crippen MR) is 66.5 cm³/mol. The highest BCUT2D eigenvalue weighted by Gasteiger charge is 2.21. The van der Waals surface area contributed by atoms with E-state index in [2.05, 4.69) is 4.74 Å². The average molecular weight is 250 g/mol. The van der Waals surface area contributed by atoms with Crippen molar-refractivity contribution in [3.8, 4) is 0 Å². The normalized spacial score (nSPS) is 12.7. The number of hydrogen-bond acceptors (Lipinski definition) is 3. The average Bonchev–Trinajstić information content (AvgIpc) is 2.74. The highest BCUT2D eigenvalue weighted by molar-refractivity contribution is 5.85. The number of aromatic nitrogens is 1. The van der Waals surface area contributed by atoms with Gasteiger partial charge >= 0.3 is 5.97 Å². The number of halogens is 1. The molecule has 2 aromatic rings. The largest absolute Gasteiger partial charge is 0.468 e. The van der Waals surface area contributed by atoms with Gasteiger partial charge in [-0.1, -0.05) is 0 Å². The van der Waals surface area contributed by atoms with Crippen LogP contribution in [0.2, 0.25) is 0 Å². The zero-order valence-corrected chi connectivity index (χ0v) is 10.3. The third kappa shape index (κ3) is 1.97. The summed E-state index contributed by atoms with van der Waals surface area (Å²) in [6.07, 6.45) is 0. The van der Waals surface area contributed by atoms with Gasteiger partial charge in [0.15, 0.2) is 0 Å². The maximum Gasteiger partial charge on any atom is 0.328 e. The van der Waals surface area contributed by atoms with Crippen molar-refractivity contribution in [3.05, 3.63) is 35.8 Å². The lowest BCUT2D eigenvalue weighted by Crippen LogP contribution is -2.25. The minimum Gasteiger partial charge on any atom is -0.468 e. The lowest BCUT2D eigenvalue weighted by Gasteiger charge is -2.12. The van der Waals surface area contributed by atoms with Crippen LogP contribution in [0.4, 0.5) is 4.39 Å². The van der Waals surface area contributed by atoms with Crippen LogP contribution in [-0.2, 0) is 16.1 Å². The molecule has 0 spiro atoms. The zero-order chi connectivity index (χ0) is 13.3. The quantitative estimate of drug-likeness (QED) is 0.847. The summed E-state index contributed by atoms with van der Waals surface area (Å²) < 4.78 is 19.7. The first-order valence-corrected chi connectivity index (χ1v) is 5.70. The first-order chi connectivity index (χ1) is 8.58. The molecule has 0 aliphatic heterocycles. The molecule has 1 aromatic carbocycles. The second kappa shape index (κ2) is 4.78. The van der Waals surface area contributed by atoms with E-state index >= 15 is 0 Å². The van der Waals surface area contributed by atoms with Gasteiger partial charge in [-0.15, -0.1) is 0 Å². The van der Waals surface area contributed by atoms with Crippen molar-refractivity contribution in [2.45, 2.75) is 19.5 Å². The number of fused-ring (bicyclic) bond motifs is 1. The fourth-order valence-electron chi connectivity index (χ4n) is 2.11. The predicted octanol–water partition coefficient (Wildman–Crippen LogP) is 1.97. The molecule has 1 unspecified atom stereocenters. The van der Waals surface area contributed by atoms with Crippen LogP contribution in [0.5, 0.6) is 0 Å². The highest BCUT2D eigenvalue weighted by atomic mass is 19.1. The molecule has 2 N–H and O–H groups in total. The molecule has 1 aromatic heterocycles. The van der Waals surface area contributed by atoms with Crippen molar-refractivity contribution in [2.24, 2.45) is 5.73 Å². The van der Waals surface area contributed by atoms with E-state index in [1.807, 2.05) is 11.5 Å². The zero-order valence-electron chi connectivity index (χ0n) is 10.3. The van der Waals surface area contributed by atoms with Crippen molar-refractivity contribution in [1.29, 1.82) is 0 Å². The molecule has 0 aliphatic carbocycles. The summed E-state index contributed by atoms with van der Waals surface area (Å²) in [7, 11) is 1.29. The summed E-state index contributed by atoms with van der Waals surface area (Å²) in [5.74, 6) is -0.818. The number of nitrogens with two attached hydrogens (primary N) is 1. The summed E-state index contributed by atoms with van der Waals surface area (Å²) in [5, 5.41) is 0.854. The molecule has 0 aliphatic rings. The molecular formula is C13H15FN2O2. The van der Waals surface area contributed by atoms with Gasteiger partial charge in [-0.2, -0.15) is 0 Å². The van der Waals surface area contributed by atoms with Crippen LogP contribution in [0.3, 0.4) is 0 Å². The van der Waals surface area contributed by atoms with E-state index in [9.17, 15) is 9.18 Å². The van der Waals surface area contributed by atoms with E-state index in [1.165, 1.54) is 19.2 Å². The summed E-state index contributed by atoms with van der Waals surface area (Å²) >= 11 is 0. The number of hydrogen-bond donors (Lipinski definition) is 1. The molecule has 96 valence electrons. The first kappa shape index (κ1) is 12.6. The van der Waals surface area contributed by atoms with E-state index in [0.29, 0.717) is 12.2 Å². The Morgan fingerprint density at radius 1 is 1.50 bits per heavy atom. The monoisotopic (exact) mass is 250 g/mol. The van der Waals surface area contributed by atoms with E-state index in [4.69, 9.17) is 5.73 Å². The fraction of sp³-hybridized carbons (Fsp3) is 0.308. The lowest BCUT2D eigenvalue weighted by atomic mass is 10.2. The number of rotatable bonds is 3. The summed E-state index contributed by atoms with van der Waals surface area (Å²) in [4.78, 5) is 11.5. The first-order valence-electron chi connectivity index (χ1n) is 5.70. The van der Waals surface area contributed by atoms with Gasteiger partial charge in [-0.3, -0.25) is 0 Å². The Bertz CT molecular complexity index is 592. The smallest absolute Gasteiger partial charge is 0.328 e. The van der Waals surface area contributed by atoms with E-state index in [-0.39, 0.29) is 5.82 Å².